The molecule has 6 heteroatoms. The lowest BCUT2D eigenvalue weighted by atomic mass is 10.0. The fraction of sp³-hybridized carbons (Fsp3) is 0.868. The van der Waals surface area contributed by atoms with Crippen molar-refractivity contribution in [1.29, 1.82) is 0 Å². The summed E-state index contributed by atoms with van der Waals surface area (Å²) in [6.07, 6.45) is 77.6. The lowest BCUT2D eigenvalue weighted by Gasteiger charge is -2.18. The molecule has 1 atom stereocenters. The normalized spacial score (nSPS) is 12.2. The molecule has 0 spiro atoms. The average molecular weight is 1040 g/mol. The number of rotatable bonds is 61. The Bertz CT molecular complexity index is 1240. The molecule has 0 fully saturated rings. The van der Waals surface area contributed by atoms with E-state index in [0.717, 1.165) is 96.3 Å². The molecule has 0 heterocycles. The number of hydrogen-bond donors (Lipinski definition) is 0. The quantitative estimate of drug-likeness (QED) is 0.0261. The van der Waals surface area contributed by atoms with E-state index in [4.69, 9.17) is 14.2 Å². The van der Waals surface area contributed by atoms with Crippen molar-refractivity contribution in [1.82, 2.24) is 0 Å². The van der Waals surface area contributed by atoms with Gasteiger partial charge in [0.25, 0.3) is 0 Å². The SMILES string of the molecule is CCC/C=C\CCCCCCCC(=O)OCC(COC(=O)CCCCCCCCCCCCCCCCCCCCCCCCCCCCCCCCC)OC(=O)CCCCCCC/C=C\C/C=C\CCCCC. The molecule has 0 aromatic rings. The van der Waals surface area contributed by atoms with Gasteiger partial charge in [0.05, 0.1) is 0 Å². The van der Waals surface area contributed by atoms with Crippen molar-refractivity contribution in [3.05, 3.63) is 36.5 Å². The number of esters is 3. The van der Waals surface area contributed by atoms with Crippen LogP contribution >= 0.6 is 0 Å². The fourth-order valence-corrected chi connectivity index (χ4v) is 9.89. The minimum atomic E-state index is -0.780. The van der Waals surface area contributed by atoms with Crippen molar-refractivity contribution < 1.29 is 28.6 Å². The molecule has 6 nitrogen and oxygen atoms in total. The number of carbonyl (C=O) groups is 3. The van der Waals surface area contributed by atoms with Crippen molar-refractivity contribution in [2.24, 2.45) is 0 Å². The number of allylic oxidation sites excluding steroid dienone is 6. The van der Waals surface area contributed by atoms with Gasteiger partial charge in [-0.2, -0.15) is 0 Å². The zero-order valence-corrected chi connectivity index (χ0v) is 49.9. The summed E-state index contributed by atoms with van der Waals surface area (Å²) in [6.45, 7) is 6.58. The maximum absolute atomic E-state index is 12.8. The maximum Gasteiger partial charge on any atom is 0.306 e. The molecule has 0 aromatic carbocycles. The molecule has 0 N–H and O–H groups in total. The Morgan fingerprint density at radius 2 is 0.514 bits per heavy atom. The van der Waals surface area contributed by atoms with Gasteiger partial charge in [-0.25, -0.2) is 0 Å². The van der Waals surface area contributed by atoms with Crippen LogP contribution in [0.5, 0.6) is 0 Å². The van der Waals surface area contributed by atoms with E-state index >= 15 is 0 Å². The van der Waals surface area contributed by atoms with E-state index in [1.54, 1.807) is 0 Å². The lowest BCUT2D eigenvalue weighted by Crippen LogP contribution is -2.30. The van der Waals surface area contributed by atoms with Gasteiger partial charge in [0.1, 0.15) is 13.2 Å². The van der Waals surface area contributed by atoms with E-state index < -0.39 is 6.10 Å². The zero-order chi connectivity index (χ0) is 53.6. The van der Waals surface area contributed by atoms with E-state index in [2.05, 4.69) is 57.2 Å². The molecule has 0 rings (SSSR count). The summed E-state index contributed by atoms with van der Waals surface area (Å²) in [5.74, 6) is -0.884. The largest absolute Gasteiger partial charge is 0.462 e. The first-order valence-electron chi connectivity index (χ1n) is 33.0. The Labute approximate surface area is 461 Å². The van der Waals surface area contributed by atoms with Crippen molar-refractivity contribution in [3.8, 4) is 0 Å². The first-order valence-corrected chi connectivity index (χ1v) is 33.0. The Hall–Kier alpha value is -2.37. The predicted molar refractivity (Wildman–Crippen MR) is 321 cm³/mol. The number of carbonyl (C=O) groups excluding carboxylic acids is 3. The monoisotopic (exact) mass is 1040 g/mol. The lowest BCUT2D eigenvalue weighted by molar-refractivity contribution is -0.167. The fourth-order valence-electron chi connectivity index (χ4n) is 9.89. The molecule has 434 valence electrons. The Balaban J connectivity index is 4.05. The van der Waals surface area contributed by atoms with Crippen LogP contribution in [0.15, 0.2) is 36.5 Å². The van der Waals surface area contributed by atoms with Crippen molar-refractivity contribution >= 4 is 17.9 Å². The minimum absolute atomic E-state index is 0.0771. The van der Waals surface area contributed by atoms with E-state index in [0.29, 0.717) is 19.3 Å². The third-order valence-corrected chi connectivity index (χ3v) is 14.8. The van der Waals surface area contributed by atoms with E-state index in [1.165, 1.54) is 225 Å². The molecule has 74 heavy (non-hydrogen) atoms. The molecule has 0 aromatic heterocycles. The third-order valence-electron chi connectivity index (χ3n) is 14.8. The van der Waals surface area contributed by atoms with Crippen LogP contribution in [-0.4, -0.2) is 37.2 Å². The van der Waals surface area contributed by atoms with Gasteiger partial charge in [0.15, 0.2) is 6.10 Å². The Morgan fingerprint density at radius 3 is 0.838 bits per heavy atom. The molecule has 0 bridgehead atoms. The average Bonchev–Trinajstić information content (AvgIpc) is 3.40. The highest BCUT2D eigenvalue weighted by atomic mass is 16.6. The molecule has 0 amide bonds. The predicted octanol–water partition coefficient (Wildman–Crippen LogP) is 22.4. The standard InChI is InChI=1S/C68H126O6/c1-4-7-10-13-16-19-22-24-26-27-28-29-30-31-32-33-34-35-36-37-38-39-40-41-43-44-46-49-52-55-58-61-67(70)73-64-65(63-72-66(69)60-57-54-51-48-21-18-15-12-9-6-3)74-68(71)62-59-56-53-50-47-45-42-25-23-20-17-14-11-8-5-2/h12,15,17,20,25,42,65H,4-11,13-14,16,18-19,21-24,26-41,43-64H2,1-3H3/b15-12-,20-17-,42-25-. The van der Waals surface area contributed by atoms with Gasteiger partial charge in [-0.15, -0.1) is 0 Å². The van der Waals surface area contributed by atoms with Crippen LogP contribution in [0.1, 0.15) is 361 Å². The molecule has 0 radical (unpaired) electrons. The topological polar surface area (TPSA) is 78.9 Å². The first-order chi connectivity index (χ1) is 36.5. The van der Waals surface area contributed by atoms with Gasteiger partial charge in [-0.1, -0.05) is 308 Å². The summed E-state index contributed by atoms with van der Waals surface area (Å²) in [6, 6.07) is 0. The second kappa shape index (κ2) is 63.2. The Kier molecular flexibility index (Phi) is 61.1. The summed E-state index contributed by atoms with van der Waals surface area (Å²) >= 11 is 0. The van der Waals surface area contributed by atoms with Crippen LogP contribution in [-0.2, 0) is 28.6 Å². The van der Waals surface area contributed by atoms with Crippen molar-refractivity contribution in [2.75, 3.05) is 13.2 Å². The van der Waals surface area contributed by atoms with Gasteiger partial charge < -0.3 is 14.2 Å². The van der Waals surface area contributed by atoms with E-state index in [9.17, 15) is 14.4 Å². The molecule has 1 unspecified atom stereocenters. The molecular weight excluding hydrogens is 913 g/mol. The van der Waals surface area contributed by atoms with Gasteiger partial charge in [-0.3, -0.25) is 14.4 Å². The first kappa shape index (κ1) is 71.6. The van der Waals surface area contributed by atoms with Crippen molar-refractivity contribution in [2.45, 2.75) is 367 Å². The second-order valence-corrected chi connectivity index (χ2v) is 22.4. The highest BCUT2D eigenvalue weighted by Gasteiger charge is 2.19. The van der Waals surface area contributed by atoms with Crippen LogP contribution in [0.2, 0.25) is 0 Å². The summed E-state index contributed by atoms with van der Waals surface area (Å²) in [5.41, 5.74) is 0. The highest BCUT2D eigenvalue weighted by Crippen LogP contribution is 2.18. The minimum Gasteiger partial charge on any atom is -0.462 e. The second-order valence-electron chi connectivity index (χ2n) is 22.4. The molecule has 0 aliphatic carbocycles. The number of hydrogen-bond acceptors (Lipinski definition) is 6. The molecule has 0 saturated heterocycles. The maximum atomic E-state index is 12.8. The molecule has 0 aliphatic rings. The van der Waals surface area contributed by atoms with Crippen molar-refractivity contribution in [3.63, 3.8) is 0 Å². The smallest absolute Gasteiger partial charge is 0.306 e. The molecule has 0 saturated carbocycles. The molecular formula is C68H126O6. The zero-order valence-electron chi connectivity index (χ0n) is 49.9. The van der Waals surface area contributed by atoms with Crippen LogP contribution in [0, 0.1) is 0 Å². The molecule has 0 aliphatic heterocycles. The van der Waals surface area contributed by atoms with Gasteiger partial charge in [0, 0.05) is 19.3 Å². The summed E-state index contributed by atoms with van der Waals surface area (Å²) < 4.78 is 16.9. The van der Waals surface area contributed by atoms with Gasteiger partial charge in [-0.05, 0) is 70.6 Å². The van der Waals surface area contributed by atoms with Crippen LogP contribution < -0.4 is 0 Å². The summed E-state index contributed by atoms with van der Waals surface area (Å²) in [5, 5.41) is 0. The summed E-state index contributed by atoms with van der Waals surface area (Å²) in [4.78, 5) is 38.1. The summed E-state index contributed by atoms with van der Waals surface area (Å²) in [7, 11) is 0. The van der Waals surface area contributed by atoms with Crippen LogP contribution in [0.4, 0.5) is 0 Å². The number of ether oxygens (including phenoxy) is 3. The third kappa shape index (κ3) is 60.5. The highest BCUT2D eigenvalue weighted by molar-refractivity contribution is 5.71. The van der Waals surface area contributed by atoms with Gasteiger partial charge >= 0.3 is 17.9 Å². The number of unbranched alkanes of at least 4 members (excludes halogenated alkanes) is 44. The van der Waals surface area contributed by atoms with Crippen LogP contribution in [0.3, 0.4) is 0 Å². The van der Waals surface area contributed by atoms with Gasteiger partial charge in [0.2, 0.25) is 0 Å². The Morgan fingerprint density at radius 1 is 0.270 bits per heavy atom. The van der Waals surface area contributed by atoms with E-state index in [-0.39, 0.29) is 31.1 Å². The van der Waals surface area contributed by atoms with E-state index in [1.807, 2.05) is 0 Å². The van der Waals surface area contributed by atoms with Crippen LogP contribution in [0.25, 0.3) is 0 Å².